The van der Waals surface area contributed by atoms with E-state index in [4.69, 9.17) is 11.5 Å². The zero-order chi connectivity index (χ0) is 10.1. The second kappa shape index (κ2) is 11.5. The Morgan fingerprint density at radius 3 is 1.54 bits per heavy atom. The van der Waals surface area contributed by atoms with Crippen LogP contribution in [0.25, 0.3) is 11.5 Å². The van der Waals surface area contributed by atoms with E-state index in [1.54, 1.807) is 6.92 Å². The van der Waals surface area contributed by atoms with Gasteiger partial charge in [0.15, 0.2) is 0 Å². The van der Waals surface area contributed by atoms with Gasteiger partial charge in [-0.1, -0.05) is 6.92 Å². The number of carboxylic acids is 2. The van der Waals surface area contributed by atoms with Crippen LogP contribution >= 0.6 is 0 Å². The Morgan fingerprint density at radius 2 is 1.54 bits per heavy atom. The van der Waals surface area contributed by atoms with Gasteiger partial charge in [-0.2, -0.15) is 12.6 Å². The minimum atomic E-state index is -1.63. The Hall–Kier alpha value is -0.452. The van der Waals surface area contributed by atoms with Gasteiger partial charge in [0.25, 0.3) is 0 Å². The topological polar surface area (TPSA) is 128 Å². The van der Waals surface area contributed by atoms with Crippen molar-refractivity contribution in [1.29, 1.82) is 0 Å². The standard InChI is InChI=1S/C3H8N2.C3H4O4.Pt/c1-3(5)2-4;4-2(5)1-3(6)7;/h3-5H,2H2,1H3;1H2,(H,4,5)(H,6,7);/q-2;;+4/p-2. The molecule has 78 valence electrons. The van der Waals surface area contributed by atoms with Gasteiger partial charge in [0.2, 0.25) is 0 Å². The van der Waals surface area contributed by atoms with Crippen LogP contribution in [0.3, 0.4) is 0 Å². The number of hydrogen-bond donors (Lipinski definition) is 0. The molecule has 0 aromatic heterocycles. The van der Waals surface area contributed by atoms with E-state index in [1.807, 2.05) is 0 Å². The van der Waals surface area contributed by atoms with Crippen molar-refractivity contribution in [1.82, 2.24) is 0 Å². The van der Waals surface area contributed by atoms with Crippen LogP contribution in [0.1, 0.15) is 13.3 Å². The molecule has 2 N–H and O–H groups in total. The molecule has 0 bridgehead atoms. The second-order valence-corrected chi connectivity index (χ2v) is 2.03. The van der Waals surface area contributed by atoms with E-state index in [2.05, 4.69) is 0 Å². The van der Waals surface area contributed by atoms with E-state index in [1.165, 1.54) is 0 Å². The molecule has 0 rings (SSSR count). The van der Waals surface area contributed by atoms with Gasteiger partial charge in [-0.15, -0.1) is 0 Å². The monoisotopic (exact) mass is 369 g/mol. The summed E-state index contributed by atoms with van der Waals surface area (Å²) in [6.45, 7) is 1.92. The zero-order valence-electron chi connectivity index (χ0n) is 6.94. The van der Waals surface area contributed by atoms with Gasteiger partial charge < -0.3 is 31.3 Å². The van der Waals surface area contributed by atoms with Crippen LogP contribution in [0.15, 0.2) is 0 Å². The Balaban J connectivity index is -0.000000150. The molecule has 6 nitrogen and oxygen atoms in total. The first kappa shape index (κ1) is 18.4. The maximum atomic E-state index is 9.28. The molecule has 1 unspecified atom stereocenters. The molecule has 0 saturated carbocycles. The number of carbonyl (C=O) groups is 2. The van der Waals surface area contributed by atoms with Gasteiger partial charge in [0, 0.05) is 18.4 Å². The van der Waals surface area contributed by atoms with Crippen LogP contribution in [0.2, 0.25) is 0 Å². The van der Waals surface area contributed by atoms with Crippen molar-refractivity contribution in [3.05, 3.63) is 11.5 Å². The SMILES string of the molecule is CC([NH-])C[NH-].O=C([O-])CC(=O)[O-].[Pt+4]. The normalized spacial score (nSPS) is 10.1. The third kappa shape index (κ3) is 34.2. The molecule has 0 aromatic rings. The largest absolute Gasteiger partial charge is 4.00 e. The number of aliphatic carboxylic acids is 2. The van der Waals surface area contributed by atoms with Crippen molar-refractivity contribution < 1.29 is 40.9 Å². The predicted molar refractivity (Wildman–Crippen MR) is 37.6 cm³/mol. The fourth-order valence-electron chi connectivity index (χ4n) is 0.118. The summed E-state index contributed by atoms with van der Waals surface area (Å²) in [7, 11) is 0. The molecule has 0 aromatic carbocycles. The quantitative estimate of drug-likeness (QED) is 0.552. The van der Waals surface area contributed by atoms with Gasteiger partial charge >= 0.3 is 21.1 Å². The fourth-order valence-corrected chi connectivity index (χ4v) is 0.118. The molecule has 0 amide bonds. The molecule has 0 heterocycles. The first-order valence-corrected chi connectivity index (χ1v) is 3.15. The van der Waals surface area contributed by atoms with E-state index in [-0.39, 0.29) is 33.7 Å². The molecule has 0 spiro atoms. The van der Waals surface area contributed by atoms with Gasteiger partial charge in [-0.05, 0) is 0 Å². The third-order valence-corrected chi connectivity index (χ3v) is 0.595. The maximum absolute atomic E-state index is 9.28. The minimum Gasteiger partial charge on any atom is -0.679 e. The molecule has 0 fully saturated rings. The van der Waals surface area contributed by atoms with Gasteiger partial charge in [-0.25, -0.2) is 0 Å². The average molecular weight is 369 g/mol. The predicted octanol–water partition coefficient (Wildman–Crippen LogP) is -1.65. The molecule has 13 heavy (non-hydrogen) atoms. The van der Waals surface area contributed by atoms with E-state index < -0.39 is 18.4 Å². The molecule has 7 heteroatoms. The molecule has 0 radical (unpaired) electrons. The summed E-state index contributed by atoms with van der Waals surface area (Å²) in [6, 6.07) is -0.199. The summed E-state index contributed by atoms with van der Waals surface area (Å²) in [5.74, 6) is -3.25. The Kier molecular flexibility index (Phi) is 16.3. The summed E-state index contributed by atoms with van der Waals surface area (Å²) >= 11 is 0. The summed E-state index contributed by atoms with van der Waals surface area (Å²) in [4.78, 5) is 18.6. The van der Waals surface area contributed by atoms with Crippen LogP contribution in [0.4, 0.5) is 0 Å². The minimum absolute atomic E-state index is 0. The number of nitrogens with one attached hydrogen (secondary N) is 2. The number of hydrogen-bond acceptors (Lipinski definition) is 4. The maximum Gasteiger partial charge on any atom is 4.00 e. The van der Waals surface area contributed by atoms with E-state index in [0.29, 0.717) is 0 Å². The number of rotatable bonds is 3. The third-order valence-electron chi connectivity index (χ3n) is 0.595. The summed E-state index contributed by atoms with van der Waals surface area (Å²) in [5, 5.41) is 18.6. The van der Waals surface area contributed by atoms with E-state index in [0.717, 1.165) is 0 Å². The summed E-state index contributed by atoms with van der Waals surface area (Å²) in [6.07, 6.45) is -1.03. The van der Waals surface area contributed by atoms with Crippen LogP contribution in [-0.2, 0) is 30.7 Å². The van der Waals surface area contributed by atoms with Gasteiger partial charge in [0.05, 0.1) is 0 Å². The number of carboxylic acid groups (broad SMARTS) is 2. The Bertz CT molecular complexity index is 140. The van der Waals surface area contributed by atoms with Crippen molar-refractivity contribution >= 4 is 11.9 Å². The van der Waals surface area contributed by atoms with E-state index >= 15 is 0 Å². The van der Waals surface area contributed by atoms with Crippen molar-refractivity contribution in [3.8, 4) is 0 Å². The van der Waals surface area contributed by atoms with Crippen molar-refractivity contribution in [2.24, 2.45) is 0 Å². The molecule has 1 atom stereocenters. The van der Waals surface area contributed by atoms with Crippen molar-refractivity contribution in [3.63, 3.8) is 0 Å². The Morgan fingerprint density at radius 1 is 1.31 bits per heavy atom. The second-order valence-electron chi connectivity index (χ2n) is 2.03. The first-order chi connectivity index (χ1) is 5.40. The smallest absolute Gasteiger partial charge is 0.679 e. The number of carbonyl (C=O) groups excluding carboxylic acids is 2. The Labute approximate surface area is 90.5 Å². The van der Waals surface area contributed by atoms with Gasteiger partial charge in [-0.3, -0.25) is 0 Å². The molecule has 0 aliphatic rings. The average Bonchev–Trinajstić information content (AvgIpc) is 1.85. The van der Waals surface area contributed by atoms with Crippen LogP contribution in [0.5, 0.6) is 0 Å². The summed E-state index contributed by atoms with van der Waals surface area (Å²) < 4.78 is 0. The van der Waals surface area contributed by atoms with E-state index in [9.17, 15) is 19.8 Å². The molecule has 0 aliphatic heterocycles. The first-order valence-electron chi connectivity index (χ1n) is 3.15. The molecule has 0 aliphatic carbocycles. The molecular formula is C6H10N2O4Pt. The fraction of sp³-hybridized carbons (Fsp3) is 0.667. The van der Waals surface area contributed by atoms with Gasteiger partial charge in [0.1, 0.15) is 0 Å². The van der Waals surface area contributed by atoms with Crippen LogP contribution in [0, 0.1) is 0 Å². The molecular weight excluding hydrogens is 359 g/mol. The zero-order valence-corrected chi connectivity index (χ0v) is 9.21. The van der Waals surface area contributed by atoms with Crippen molar-refractivity contribution in [2.75, 3.05) is 6.54 Å². The van der Waals surface area contributed by atoms with Crippen LogP contribution in [-0.4, -0.2) is 24.5 Å². The molecule has 0 saturated heterocycles. The van der Waals surface area contributed by atoms with Crippen molar-refractivity contribution in [2.45, 2.75) is 19.4 Å². The van der Waals surface area contributed by atoms with Crippen LogP contribution < -0.4 is 10.2 Å². The summed E-state index contributed by atoms with van der Waals surface area (Å²) in [5.41, 5.74) is 13.1.